The van der Waals surface area contributed by atoms with Crippen molar-refractivity contribution >= 4 is 29.6 Å². The molecule has 0 unspecified atom stereocenters. The molecule has 22 heavy (non-hydrogen) atoms. The molecule has 1 aliphatic rings. The molecule has 2 N–H and O–H groups in total. The second-order valence-corrected chi connectivity index (χ2v) is 4.12. The number of nitro benzene ring substituents is 1. The number of nitrogens with one attached hydrogen (secondary N) is 2. The number of benzene rings is 1. The van der Waals surface area contributed by atoms with Crippen LogP contribution in [-0.4, -0.2) is 29.9 Å². The number of amides is 4. The Kier molecular flexibility index (Phi) is 3.75. The van der Waals surface area contributed by atoms with Gasteiger partial charge in [-0.05, 0) is 23.5 Å². The zero-order chi connectivity index (χ0) is 16.4. The van der Waals surface area contributed by atoms with Gasteiger partial charge in [0.2, 0.25) is 0 Å². The molecule has 2 rings (SSSR count). The van der Waals surface area contributed by atoms with Gasteiger partial charge in [0.25, 0.3) is 17.5 Å². The zero-order valence-corrected chi connectivity index (χ0v) is 11.0. The number of nitrogens with zero attached hydrogens (tertiary/aromatic N) is 1. The van der Waals surface area contributed by atoms with Crippen molar-refractivity contribution in [1.82, 2.24) is 10.6 Å². The molecule has 10 nitrogen and oxygen atoms in total. The summed E-state index contributed by atoms with van der Waals surface area (Å²) in [5.41, 5.74) is -1.58. The summed E-state index contributed by atoms with van der Waals surface area (Å²) in [5, 5.41) is 26.4. The molecule has 0 spiro atoms. The Morgan fingerprint density at radius 2 is 1.77 bits per heavy atom. The van der Waals surface area contributed by atoms with Crippen LogP contribution in [0.4, 0.5) is 10.5 Å². The number of hydrogen-bond donors (Lipinski definition) is 2. The molecule has 1 aromatic rings. The van der Waals surface area contributed by atoms with Crippen LogP contribution in [0.1, 0.15) is 5.56 Å². The molecule has 0 aliphatic carbocycles. The predicted molar refractivity (Wildman–Crippen MR) is 68.8 cm³/mol. The lowest BCUT2D eigenvalue weighted by Gasteiger charge is -2.16. The van der Waals surface area contributed by atoms with Crippen LogP contribution in [0.15, 0.2) is 17.7 Å². The highest BCUT2D eigenvalue weighted by Gasteiger charge is 2.28. The molecule has 0 bridgehead atoms. The minimum absolute atomic E-state index is 0.00542. The van der Waals surface area contributed by atoms with E-state index < -0.39 is 39.8 Å². The van der Waals surface area contributed by atoms with Gasteiger partial charge in [0.15, 0.2) is 0 Å². The van der Waals surface area contributed by atoms with E-state index in [0.717, 1.165) is 18.2 Å². The molecule has 1 saturated heterocycles. The first-order chi connectivity index (χ1) is 10.3. The van der Waals surface area contributed by atoms with E-state index in [4.69, 9.17) is 4.74 Å². The van der Waals surface area contributed by atoms with Gasteiger partial charge in [-0.25, -0.2) is 4.79 Å². The first-order valence-electron chi connectivity index (χ1n) is 5.75. The first-order valence-corrected chi connectivity index (χ1v) is 5.75. The molecule has 4 amide bonds. The maximum absolute atomic E-state index is 12.0. The van der Waals surface area contributed by atoms with Crippen molar-refractivity contribution in [2.24, 2.45) is 0 Å². The highest BCUT2D eigenvalue weighted by molar-refractivity contribution is 6.31. The van der Waals surface area contributed by atoms with Crippen molar-refractivity contribution in [1.29, 1.82) is 0 Å². The van der Waals surface area contributed by atoms with E-state index >= 15 is 0 Å². The topological polar surface area (TPSA) is 151 Å². The van der Waals surface area contributed by atoms with Gasteiger partial charge in [0.05, 0.1) is 18.1 Å². The Morgan fingerprint density at radius 3 is 2.27 bits per heavy atom. The maximum atomic E-state index is 12.0. The fourth-order valence-electron chi connectivity index (χ4n) is 1.73. The van der Waals surface area contributed by atoms with Crippen molar-refractivity contribution in [3.63, 3.8) is 0 Å². The number of carbonyl (C=O) groups excluding carboxylic acids is 3. The van der Waals surface area contributed by atoms with Crippen LogP contribution in [0.3, 0.4) is 0 Å². The van der Waals surface area contributed by atoms with Gasteiger partial charge in [-0.1, -0.05) is 0 Å². The predicted octanol–water partition coefficient (Wildman–Crippen LogP) is -0.574. The number of hydrogen-bond acceptors (Lipinski definition) is 7. The minimum Gasteiger partial charge on any atom is -0.867 e. The van der Waals surface area contributed by atoms with Gasteiger partial charge in [-0.2, -0.15) is 0 Å². The number of barbiturate groups is 1. The van der Waals surface area contributed by atoms with E-state index in [1.54, 1.807) is 0 Å². The lowest BCUT2D eigenvalue weighted by molar-refractivity contribution is -0.398. The number of carbonyl (C=O) groups is 3. The van der Waals surface area contributed by atoms with E-state index in [-0.39, 0.29) is 11.3 Å². The second kappa shape index (κ2) is 5.52. The summed E-state index contributed by atoms with van der Waals surface area (Å²) in [6, 6.07) is 1.07. The van der Waals surface area contributed by atoms with Crippen molar-refractivity contribution in [3.05, 3.63) is 33.4 Å². The summed E-state index contributed by atoms with van der Waals surface area (Å²) in [7, 11) is 1.24. The Balaban J connectivity index is 2.57. The van der Waals surface area contributed by atoms with Crippen LogP contribution < -0.4 is 20.5 Å². The van der Waals surface area contributed by atoms with E-state index in [9.17, 15) is 29.6 Å². The summed E-state index contributed by atoms with van der Waals surface area (Å²) in [4.78, 5) is 44.0. The van der Waals surface area contributed by atoms with Crippen LogP contribution in [0.5, 0.6) is 11.5 Å². The second-order valence-electron chi connectivity index (χ2n) is 4.12. The molecule has 1 fully saturated rings. The van der Waals surface area contributed by atoms with E-state index in [2.05, 4.69) is 0 Å². The van der Waals surface area contributed by atoms with Crippen molar-refractivity contribution in [3.8, 4) is 11.5 Å². The third-order valence-electron chi connectivity index (χ3n) is 2.75. The van der Waals surface area contributed by atoms with Crippen molar-refractivity contribution in [2.45, 2.75) is 0 Å². The molecule has 1 aliphatic heterocycles. The number of nitro groups is 1. The maximum Gasteiger partial charge on any atom is 0.328 e. The van der Waals surface area contributed by atoms with Crippen LogP contribution in [0, 0.1) is 10.1 Å². The Labute approximate surface area is 122 Å². The Hall–Kier alpha value is -3.43. The van der Waals surface area contributed by atoms with Gasteiger partial charge >= 0.3 is 6.03 Å². The number of methoxy groups -OCH3 is 1. The van der Waals surface area contributed by atoms with Crippen LogP contribution in [-0.2, 0) is 9.59 Å². The molecular weight excluding hydrogens is 298 g/mol. The minimum atomic E-state index is -1.02. The Morgan fingerprint density at radius 1 is 1.18 bits per heavy atom. The van der Waals surface area contributed by atoms with Crippen molar-refractivity contribution in [2.75, 3.05) is 7.11 Å². The molecule has 1 aromatic carbocycles. The van der Waals surface area contributed by atoms with E-state index in [1.165, 1.54) is 7.11 Å². The molecule has 0 radical (unpaired) electrons. The SMILES string of the molecule is COc1cc(C=C2C(=O)NC(=O)NC2=O)c([O-])c([N+](=O)[O-])c1. The normalized spacial score (nSPS) is 14.2. The molecule has 10 heteroatoms. The lowest BCUT2D eigenvalue weighted by Crippen LogP contribution is -2.51. The van der Waals surface area contributed by atoms with Crippen LogP contribution in [0.2, 0.25) is 0 Å². The third kappa shape index (κ3) is 2.70. The lowest BCUT2D eigenvalue weighted by atomic mass is 10.1. The van der Waals surface area contributed by atoms with Gasteiger partial charge < -0.3 is 9.84 Å². The Bertz CT molecular complexity index is 716. The number of urea groups is 1. The number of ether oxygens (including phenoxy) is 1. The molecule has 0 atom stereocenters. The largest absolute Gasteiger partial charge is 0.867 e. The summed E-state index contributed by atoms with van der Waals surface area (Å²) >= 11 is 0. The van der Waals surface area contributed by atoms with Gasteiger partial charge in [-0.15, -0.1) is 0 Å². The summed E-state index contributed by atoms with van der Waals surface area (Å²) in [6.07, 6.45) is 0.856. The van der Waals surface area contributed by atoms with Crippen molar-refractivity contribution < 1.29 is 29.2 Å². The third-order valence-corrected chi connectivity index (χ3v) is 2.75. The fourth-order valence-corrected chi connectivity index (χ4v) is 1.73. The number of rotatable bonds is 3. The highest BCUT2D eigenvalue weighted by atomic mass is 16.6. The monoisotopic (exact) mass is 306 g/mol. The number of imide groups is 2. The molecule has 0 aromatic heterocycles. The average Bonchev–Trinajstić information content (AvgIpc) is 2.43. The average molecular weight is 306 g/mol. The smallest absolute Gasteiger partial charge is 0.328 e. The van der Waals surface area contributed by atoms with Gasteiger partial charge in [0.1, 0.15) is 11.3 Å². The standard InChI is InChI=1S/C12H9N3O7/c1-22-6-2-5(9(16)8(4-6)15(20)21)3-7-10(17)13-12(19)14-11(7)18/h2-4,16H,1H3,(H2,13,14,17,18,19)/p-1. The van der Waals surface area contributed by atoms with Crippen LogP contribution in [0.25, 0.3) is 6.08 Å². The zero-order valence-electron chi connectivity index (χ0n) is 11.0. The molecule has 1 heterocycles. The van der Waals surface area contributed by atoms with Gasteiger partial charge in [0, 0.05) is 0 Å². The first kappa shape index (κ1) is 15.0. The van der Waals surface area contributed by atoms with E-state index in [1.807, 2.05) is 10.6 Å². The van der Waals surface area contributed by atoms with E-state index in [0.29, 0.717) is 0 Å². The summed E-state index contributed by atoms with van der Waals surface area (Å²) in [6.45, 7) is 0. The molecule has 114 valence electrons. The molecule has 0 saturated carbocycles. The fraction of sp³-hybridized carbons (Fsp3) is 0.0833. The van der Waals surface area contributed by atoms with Gasteiger partial charge in [-0.3, -0.25) is 30.3 Å². The summed E-state index contributed by atoms with van der Waals surface area (Å²) < 4.78 is 4.83. The molecular formula is C12H8N3O7-. The van der Waals surface area contributed by atoms with Crippen LogP contribution >= 0.6 is 0 Å². The quantitative estimate of drug-likeness (QED) is 0.328. The summed E-state index contributed by atoms with van der Waals surface area (Å²) in [5.74, 6) is -3.01. The highest BCUT2D eigenvalue weighted by Crippen LogP contribution is 2.33.